The molecule has 5 heteroatoms. The smallest absolute Gasteiger partial charge is 0.262 e. The minimum atomic E-state index is -0.100. The van der Waals surface area contributed by atoms with Crippen LogP contribution in [0.3, 0.4) is 0 Å². The van der Waals surface area contributed by atoms with Crippen molar-refractivity contribution in [2.75, 3.05) is 5.32 Å². The summed E-state index contributed by atoms with van der Waals surface area (Å²) in [6.45, 7) is 2.21. The number of benzene rings is 2. The topological polar surface area (TPSA) is 58.2 Å². The number of carbonyl (C=O) groups is 2. The van der Waals surface area contributed by atoms with E-state index in [1.54, 1.807) is 0 Å². The third-order valence-electron chi connectivity index (χ3n) is 5.48. The van der Waals surface area contributed by atoms with Crippen LogP contribution in [0.5, 0.6) is 0 Å². The van der Waals surface area contributed by atoms with Gasteiger partial charge in [0.2, 0.25) is 0 Å². The van der Waals surface area contributed by atoms with Crippen LogP contribution < -0.4 is 10.6 Å². The van der Waals surface area contributed by atoms with Gasteiger partial charge in [-0.2, -0.15) is 0 Å². The van der Waals surface area contributed by atoms with Crippen molar-refractivity contribution < 1.29 is 9.59 Å². The summed E-state index contributed by atoms with van der Waals surface area (Å²) in [5.41, 5.74) is 2.41. The Balaban J connectivity index is 1.45. The minimum Gasteiger partial charge on any atom is -0.349 e. The van der Waals surface area contributed by atoms with Gasteiger partial charge in [0.25, 0.3) is 11.8 Å². The number of carbonyl (C=O) groups excluding carboxylic acids is 2. The van der Waals surface area contributed by atoms with Crippen molar-refractivity contribution in [1.29, 1.82) is 0 Å². The number of fused-ring (bicyclic) bond motifs is 1. The second-order valence-corrected chi connectivity index (χ2v) is 8.61. The van der Waals surface area contributed by atoms with E-state index >= 15 is 0 Å². The third-order valence-corrected chi connectivity index (χ3v) is 6.58. The van der Waals surface area contributed by atoms with Gasteiger partial charge in [0, 0.05) is 16.5 Å². The zero-order valence-electron chi connectivity index (χ0n) is 15.9. The van der Waals surface area contributed by atoms with E-state index in [1.807, 2.05) is 54.6 Å². The summed E-state index contributed by atoms with van der Waals surface area (Å²) < 4.78 is 0. The predicted octanol–water partition coefficient (Wildman–Crippen LogP) is 5.08. The molecule has 0 aromatic heterocycles. The molecule has 0 radical (unpaired) electrons. The molecule has 2 unspecified atom stereocenters. The molecule has 2 aromatic carbocycles. The quantitative estimate of drug-likeness (QED) is 0.716. The summed E-state index contributed by atoms with van der Waals surface area (Å²) in [6, 6.07) is 15.5. The van der Waals surface area contributed by atoms with Gasteiger partial charge in [-0.25, -0.2) is 0 Å². The first-order valence-corrected chi connectivity index (χ1v) is 10.6. The van der Waals surface area contributed by atoms with Crippen LogP contribution in [0.1, 0.15) is 48.5 Å². The van der Waals surface area contributed by atoms with Crippen LogP contribution in [0.4, 0.5) is 5.69 Å². The number of hydrogen-bond donors (Lipinski definition) is 2. The van der Waals surface area contributed by atoms with Crippen molar-refractivity contribution >= 4 is 35.3 Å². The van der Waals surface area contributed by atoms with Crippen LogP contribution in [-0.4, -0.2) is 17.9 Å². The van der Waals surface area contributed by atoms with Crippen molar-refractivity contribution in [2.24, 2.45) is 5.92 Å². The highest BCUT2D eigenvalue weighted by Gasteiger charge is 2.23. The number of thioether (sulfide) groups is 1. The SMILES string of the molecule is CC1CCCCC1NC(=O)c1ccc(C=C2Sc3ccccc3NC2=O)cc1. The summed E-state index contributed by atoms with van der Waals surface area (Å²) in [5.74, 6) is 0.417. The lowest BCUT2D eigenvalue weighted by molar-refractivity contribution is -0.112. The van der Waals surface area contributed by atoms with Crippen LogP contribution in [-0.2, 0) is 4.79 Å². The maximum atomic E-state index is 12.6. The summed E-state index contributed by atoms with van der Waals surface area (Å²) in [6.07, 6.45) is 6.55. The van der Waals surface area contributed by atoms with Crippen molar-refractivity contribution in [3.05, 3.63) is 64.6 Å². The summed E-state index contributed by atoms with van der Waals surface area (Å²) >= 11 is 1.46. The van der Waals surface area contributed by atoms with Gasteiger partial charge >= 0.3 is 0 Å². The average Bonchev–Trinajstić information content (AvgIpc) is 2.71. The van der Waals surface area contributed by atoms with E-state index in [0.29, 0.717) is 16.4 Å². The Bertz CT molecular complexity index is 920. The first-order valence-electron chi connectivity index (χ1n) is 9.81. The number of nitrogens with one attached hydrogen (secondary N) is 2. The van der Waals surface area contributed by atoms with Crippen LogP contribution in [0, 0.1) is 5.92 Å². The number of para-hydroxylation sites is 1. The van der Waals surface area contributed by atoms with Gasteiger partial charge in [-0.05, 0) is 54.7 Å². The molecular weight excluding hydrogens is 368 g/mol. The Morgan fingerprint density at radius 2 is 1.86 bits per heavy atom. The van der Waals surface area contributed by atoms with Gasteiger partial charge in [0.15, 0.2) is 0 Å². The Morgan fingerprint density at radius 3 is 2.64 bits per heavy atom. The summed E-state index contributed by atoms with van der Waals surface area (Å²) in [7, 11) is 0. The van der Waals surface area contributed by atoms with E-state index in [-0.39, 0.29) is 17.9 Å². The Kier molecular flexibility index (Phi) is 5.53. The van der Waals surface area contributed by atoms with Crippen LogP contribution in [0.15, 0.2) is 58.3 Å². The molecule has 0 bridgehead atoms. The molecule has 2 aromatic rings. The maximum Gasteiger partial charge on any atom is 0.262 e. The van der Waals surface area contributed by atoms with Gasteiger partial charge in [-0.1, -0.05) is 55.8 Å². The molecule has 1 heterocycles. The molecule has 1 aliphatic heterocycles. The zero-order valence-corrected chi connectivity index (χ0v) is 16.7. The van der Waals surface area contributed by atoms with Gasteiger partial charge in [-0.15, -0.1) is 0 Å². The molecule has 28 heavy (non-hydrogen) atoms. The minimum absolute atomic E-state index is 0.0170. The Labute approximate surface area is 169 Å². The summed E-state index contributed by atoms with van der Waals surface area (Å²) in [5, 5.41) is 6.10. The largest absolute Gasteiger partial charge is 0.349 e. The van der Waals surface area contributed by atoms with E-state index in [4.69, 9.17) is 0 Å². The lowest BCUT2D eigenvalue weighted by Crippen LogP contribution is -2.41. The molecule has 2 atom stereocenters. The van der Waals surface area contributed by atoms with Crippen molar-refractivity contribution in [1.82, 2.24) is 5.32 Å². The highest BCUT2D eigenvalue weighted by Crippen LogP contribution is 2.38. The van der Waals surface area contributed by atoms with Crippen LogP contribution in [0.25, 0.3) is 6.08 Å². The van der Waals surface area contributed by atoms with Crippen molar-refractivity contribution in [2.45, 2.75) is 43.5 Å². The van der Waals surface area contributed by atoms with E-state index in [9.17, 15) is 9.59 Å². The highest BCUT2D eigenvalue weighted by atomic mass is 32.2. The van der Waals surface area contributed by atoms with E-state index in [2.05, 4.69) is 17.6 Å². The number of anilines is 1. The molecule has 2 amide bonds. The molecular formula is C23H24N2O2S. The molecule has 4 nitrogen and oxygen atoms in total. The lowest BCUT2D eigenvalue weighted by atomic mass is 9.86. The van der Waals surface area contributed by atoms with E-state index in [0.717, 1.165) is 22.6 Å². The normalized spacial score (nSPS) is 23.0. The van der Waals surface area contributed by atoms with Crippen molar-refractivity contribution in [3.8, 4) is 0 Å². The van der Waals surface area contributed by atoms with Gasteiger partial charge < -0.3 is 10.6 Å². The molecule has 1 saturated carbocycles. The maximum absolute atomic E-state index is 12.6. The fourth-order valence-electron chi connectivity index (χ4n) is 3.77. The molecule has 2 N–H and O–H groups in total. The fraction of sp³-hybridized carbons (Fsp3) is 0.304. The second kappa shape index (κ2) is 8.23. The molecule has 2 aliphatic rings. The zero-order chi connectivity index (χ0) is 19.5. The molecule has 1 aliphatic carbocycles. The van der Waals surface area contributed by atoms with Gasteiger partial charge in [0.1, 0.15) is 0 Å². The lowest BCUT2D eigenvalue weighted by Gasteiger charge is -2.29. The van der Waals surface area contributed by atoms with Gasteiger partial charge in [-0.3, -0.25) is 9.59 Å². The van der Waals surface area contributed by atoms with Gasteiger partial charge in [0.05, 0.1) is 10.6 Å². The fourth-order valence-corrected chi connectivity index (χ4v) is 4.72. The Hall–Kier alpha value is -2.53. The first-order chi connectivity index (χ1) is 13.6. The molecule has 0 spiro atoms. The number of hydrogen-bond acceptors (Lipinski definition) is 3. The highest BCUT2D eigenvalue weighted by molar-refractivity contribution is 8.04. The predicted molar refractivity (Wildman–Crippen MR) is 114 cm³/mol. The standard InChI is InChI=1S/C23H24N2O2S/c1-15-6-2-3-7-18(15)24-22(26)17-12-10-16(11-13-17)14-21-23(27)25-19-8-4-5-9-20(19)28-21/h4-5,8-15,18H,2-3,6-7H2,1H3,(H,24,26)(H,25,27). The number of amides is 2. The average molecular weight is 393 g/mol. The first kappa shape index (κ1) is 18.8. The molecule has 1 fully saturated rings. The molecule has 144 valence electrons. The van der Waals surface area contributed by atoms with Crippen LogP contribution in [0.2, 0.25) is 0 Å². The van der Waals surface area contributed by atoms with E-state index < -0.39 is 0 Å². The monoisotopic (exact) mass is 392 g/mol. The second-order valence-electron chi connectivity index (χ2n) is 7.52. The van der Waals surface area contributed by atoms with Crippen LogP contribution >= 0.6 is 11.8 Å². The molecule has 4 rings (SSSR count). The Morgan fingerprint density at radius 1 is 1.11 bits per heavy atom. The molecule has 0 saturated heterocycles. The third kappa shape index (κ3) is 4.14. The number of rotatable bonds is 3. The van der Waals surface area contributed by atoms with Crippen molar-refractivity contribution in [3.63, 3.8) is 0 Å². The summed E-state index contributed by atoms with van der Waals surface area (Å²) in [4.78, 5) is 26.6. The van der Waals surface area contributed by atoms with E-state index in [1.165, 1.54) is 31.0 Å².